The van der Waals surface area contributed by atoms with Crippen molar-refractivity contribution in [1.82, 2.24) is 5.32 Å². The summed E-state index contributed by atoms with van der Waals surface area (Å²) in [6.07, 6.45) is 0.750. The predicted octanol–water partition coefficient (Wildman–Crippen LogP) is 3.11. The van der Waals surface area contributed by atoms with Crippen molar-refractivity contribution in [3.05, 3.63) is 34.4 Å². The van der Waals surface area contributed by atoms with Gasteiger partial charge in [0.2, 0.25) is 0 Å². The molecule has 1 aromatic carbocycles. The van der Waals surface area contributed by atoms with Gasteiger partial charge in [0.1, 0.15) is 0 Å². The summed E-state index contributed by atoms with van der Waals surface area (Å²) in [7, 11) is 0. The zero-order valence-electron chi connectivity index (χ0n) is 13.3. The van der Waals surface area contributed by atoms with Gasteiger partial charge >= 0.3 is 0 Å². The van der Waals surface area contributed by atoms with Crippen LogP contribution in [0, 0.1) is 13.8 Å². The third-order valence-corrected chi connectivity index (χ3v) is 3.55. The number of hydrogen-bond donors (Lipinski definition) is 2. The Morgan fingerprint density at radius 1 is 1.16 bits per heavy atom. The lowest BCUT2D eigenvalue weighted by molar-refractivity contribution is 0.191. The molecule has 2 heteroatoms. The number of hydrogen-bond acceptors (Lipinski definition) is 2. The van der Waals surface area contributed by atoms with E-state index in [0.29, 0.717) is 6.54 Å². The Balaban J connectivity index is 2.75. The molecule has 1 unspecified atom stereocenters. The van der Waals surface area contributed by atoms with Crippen LogP contribution in [-0.4, -0.2) is 24.3 Å². The number of nitrogens with one attached hydrogen (secondary N) is 1. The average Bonchev–Trinajstić information content (AvgIpc) is 2.25. The van der Waals surface area contributed by atoms with Crippen molar-refractivity contribution in [3.8, 4) is 0 Å². The molecule has 0 saturated heterocycles. The summed E-state index contributed by atoms with van der Waals surface area (Å²) in [5, 5.41) is 12.5. The molecule has 0 heterocycles. The van der Waals surface area contributed by atoms with Gasteiger partial charge in [-0.05, 0) is 61.4 Å². The van der Waals surface area contributed by atoms with E-state index in [1.54, 1.807) is 0 Å². The highest BCUT2D eigenvalue weighted by molar-refractivity contribution is 5.40. The minimum Gasteiger partial charge on any atom is -0.392 e. The highest BCUT2D eigenvalue weighted by Gasteiger charge is 2.16. The van der Waals surface area contributed by atoms with Crippen LogP contribution in [0.5, 0.6) is 0 Å². The molecule has 0 amide bonds. The molecular weight excluding hydrogens is 234 g/mol. The van der Waals surface area contributed by atoms with Gasteiger partial charge in [-0.3, -0.25) is 0 Å². The topological polar surface area (TPSA) is 32.3 Å². The van der Waals surface area contributed by atoms with E-state index in [1.807, 2.05) is 6.92 Å². The lowest BCUT2D eigenvalue weighted by atomic mass is 9.83. The predicted molar refractivity (Wildman–Crippen MR) is 82.9 cm³/mol. The SMILES string of the molecule is Cc1cc(C(C)(C)C)cc(C)c1CCNCC(C)O. The molecule has 2 N–H and O–H groups in total. The summed E-state index contributed by atoms with van der Waals surface area (Å²) in [5.41, 5.74) is 5.81. The third kappa shape index (κ3) is 4.96. The monoisotopic (exact) mass is 263 g/mol. The lowest BCUT2D eigenvalue weighted by Crippen LogP contribution is -2.26. The van der Waals surface area contributed by atoms with Crippen molar-refractivity contribution in [1.29, 1.82) is 0 Å². The van der Waals surface area contributed by atoms with E-state index in [2.05, 4.69) is 52.1 Å². The van der Waals surface area contributed by atoms with E-state index in [1.165, 1.54) is 22.3 Å². The first-order chi connectivity index (χ1) is 8.71. The zero-order chi connectivity index (χ0) is 14.6. The van der Waals surface area contributed by atoms with Crippen molar-refractivity contribution < 1.29 is 5.11 Å². The molecule has 0 aliphatic heterocycles. The summed E-state index contributed by atoms with van der Waals surface area (Å²) in [6.45, 7) is 14.6. The molecule has 1 aromatic rings. The number of benzene rings is 1. The van der Waals surface area contributed by atoms with Crippen LogP contribution in [0.25, 0.3) is 0 Å². The van der Waals surface area contributed by atoms with Gasteiger partial charge in [0.25, 0.3) is 0 Å². The largest absolute Gasteiger partial charge is 0.392 e. The summed E-state index contributed by atoms with van der Waals surface area (Å²) in [6, 6.07) is 4.63. The van der Waals surface area contributed by atoms with Crippen molar-refractivity contribution in [2.24, 2.45) is 0 Å². The Labute approximate surface area is 118 Å². The van der Waals surface area contributed by atoms with Crippen molar-refractivity contribution in [2.45, 2.75) is 59.5 Å². The van der Waals surface area contributed by atoms with E-state index in [-0.39, 0.29) is 11.5 Å². The second-order valence-electron chi connectivity index (χ2n) is 6.64. The van der Waals surface area contributed by atoms with Crippen LogP contribution in [0.4, 0.5) is 0 Å². The van der Waals surface area contributed by atoms with Crippen molar-refractivity contribution in [2.75, 3.05) is 13.1 Å². The van der Waals surface area contributed by atoms with Gasteiger partial charge in [0.05, 0.1) is 6.10 Å². The molecule has 0 bridgehead atoms. The smallest absolute Gasteiger partial charge is 0.0636 e. The van der Waals surface area contributed by atoms with Gasteiger partial charge in [-0.1, -0.05) is 32.9 Å². The molecule has 0 spiro atoms. The van der Waals surface area contributed by atoms with Gasteiger partial charge in [0, 0.05) is 6.54 Å². The maximum Gasteiger partial charge on any atom is 0.0636 e. The minimum atomic E-state index is -0.273. The second kappa shape index (κ2) is 6.53. The molecule has 2 nitrogen and oxygen atoms in total. The van der Waals surface area contributed by atoms with E-state index in [0.717, 1.165) is 13.0 Å². The number of aliphatic hydroxyl groups is 1. The second-order valence-corrected chi connectivity index (χ2v) is 6.64. The van der Waals surface area contributed by atoms with Crippen LogP contribution in [0.3, 0.4) is 0 Å². The van der Waals surface area contributed by atoms with Crippen LogP contribution in [0.15, 0.2) is 12.1 Å². The van der Waals surface area contributed by atoms with Crippen LogP contribution in [-0.2, 0) is 11.8 Å². The molecule has 19 heavy (non-hydrogen) atoms. The summed E-state index contributed by atoms with van der Waals surface area (Å²) < 4.78 is 0. The summed E-state index contributed by atoms with van der Waals surface area (Å²) >= 11 is 0. The van der Waals surface area contributed by atoms with E-state index in [4.69, 9.17) is 0 Å². The molecule has 1 rings (SSSR count). The molecule has 108 valence electrons. The Hall–Kier alpha value is -0.860. The normalized spacial score (nSPS) is 13.6. The Kier molecular flexibility index (Phi) is 5.57. The van der Waals surface area contributed by atoms with Crippen molar-refractivity contribution >= 4 is 0 Å². The number of rotatable bonds is 5. The van der Waals surface area contributed by atoms with Gasteiger partial charge in [-0.25, -0.2) is 0 Å². The van der Waals surface area contributed by atoms with Crippen LogP contribution in [0.2, 0.25) is 0 Å². The van der Waals surface area contributed by atoms with E-state index in [9.17, 15) is 5.11 Å². The number of aliphatic hydroxyl groups excluding tert-OH is 1. The Morgan fingerprint density at radius 3 is 2.11 bits per heavy atom. The van der Waals surface area contributed by atoms with Gasteiger partial charge in [0.15, 0.2) is 0 Å². The standard InChI is InChI=1S/C17H29NO/c1-12-9-15(17(4,5)6)10-13(2)16(12)7-8-18-11-14(3)19/h9-10,14,18-19H,7-8,11H2,1-6H3. The highest BCUT2D eigenvalue weighted by atomic mass is 16.3. The first kappa shape index (κ1) is 16.2. The Bertz CT molecular complexity index is 393. The molecule has 0 aliphatic rings. The van der Waals surface area contributed by atoms with Crippen molar-refractivity contribution in [3.63, 3.8) is 0 Å². The average molecular weight is 263 g/mol. The van der Waals surface area contributed by atoms with Crippen LogP contribution < -0.4 is 5.32 Å². The number of aryl methyl sites for hydroxylation is 2. The summed E-state index contributed by atoms with van der Waals surface area (Å²) in [4.78, 5) is 0. The molecule has 0 aromatic heterocycles. The van der Waals surface area contributed by atoms with Gasteiger partial charge < -0.3 is 10.4 Å². The molecule has 1 atom stereocenters. The van der Waals surface area contributed by atoms with Crippen LogP contribution in [0.1, 0.15) is 49.9 Å². The molecule has 0 fully saturated rings. The fourth-order valence-electron chi connectivity index (χ4n) is 2.35. The highest BCUT2D eigenvalue weighted by Crippen LogP contribution is 2.26. The molecule has 0 radical (unpaired) electrons. The fourth-order valence-corrected chi connectivity index (χ4v) is 2.35. The molecule has 0 aliphatic carbocycles. The maximum atomic E-state index is 9.22. The van der Waals surface area contributed by atoms with E-state index >= 15 is 0 Å². The summed E-state index contributed by atoms with van der Waals surface area (Å²) in [5.74, 6) is 0. The Morgan fingerprint density at radius 2 is 1.68 bits per heavy atom. The first-order valence-corrected chi connectivity index (χ1v) is 7.21. The quantitative estimate of drug-likeness (QED) is 0.800. The third-order valence-electron chi connectivity index (χ3n) is 3.55. The van der Waals surface area contributed by atoms with Gasteiger partial charge in [-0.15, -0.1) is 0 Å². The maximum absolute atomic E-state index is 9.22. The minimum absolute atomic E-state index is 0.207. The fraction of sp³-hybridized carbons (Fsp3) is 0.647. The molecule has 0 saturated carbocycles. The zero-order valence-corrected chi connectivity index (χ0v) is 13.3. The molecular formula is C17H29NO. The first-order valence-electron chi connectivity index (χ1n) is 7.21. The van der Waals surface area contributed by atoms with Gasteiger partial charge in [-0.2, -0.15) is 0 Å². The van der Waals surface area contributed by atoms with E-state index < -0.39 is 0 Å². The lowest BCUT2D eigenvalue weighted by Gasteiger charge is -2.22. The van der Waals surface area contributed by atoms with Crippen LogP contribution >= 0.6 is 0 Å².